The Bertz CT molecular complexity index is 713. The van der Waals surface area contributed by atoms with Crippen molar-refractivity contribution in [1.82, 2.24) is 9.80 Å². The normalized spacial score (nSPS) is 22.4. The molecule has 2 aliphatic heterocycles. The van der Waals surface area contributed by atoms with Crippen LogP contribution in [0.5, 0.6) is 0 Å². The first-order valence-corrected chi connectivity index (χ1v) is 9.23. The number of carbonyl (C=O) groups excluding carboxylic acids is 3. The van der Waals surface area contributed by atoms with Crippen LogP contribution in [-0.4, -0.2) is 58.5 Å². The molecule has 2 atom stereocenters. The highest BCUT2D eigenvalue weighted by Gasteiger charge is 2.47. The molecule has 0 aliphatic carbocycles. The molecule has 0 N–H and O–H groups in total. The Kier molecular flexibility index (Phi) is 5.39. The van der Waals surface area contributed by atoms with Gasteiger partial charge < -0.3 is 14.4 Å². The van der Waals surface area contributed by atoms with Gasteiger partial charge in [-0.15, -0.1) is 0 Å². The van der Waals surface area contributed by atoms with E-state index in [2.05, 4.69) is 0 Å². The number of nitrogens with zero attached hydrogens (tertiary/aromatic N) is 2. The summed E-state index contributed by atoms with van der Waals surface area (Å²) in [5.74, 6) is -0.0788. The van der Waals surface area contributed by atoms with E-state index in [-0.39, 0.29) is 37.4 Å². The van der Waals surface area contributed by atoms with Crippen molar-refractivity contribution in [1.29, 1.82) is 0 Å². The van der Waals surface area contributed by atoms with Gasteiger partial charge in [0.1, 0.15) is 12.2 Å². The molecule has 0 unspecified atom stereocenters. The fourth-order valence-electron chi connectivity index (χ4n) is 3.60. The van der Waals surface area contributed by atoms with E-state index >= 15 is 0 Å². The largest absolute Gasteiger partial charge is 0.445 e. The Morgan fingerprint density at radius 3 is 2.44 bits per heavy atom. The highest BCUT2D eigenvalue weighted by molar-refractivity contribution is 5.87. The van der Waals surface area contributed by atoms with E-state index < -0.39 is 17.8 Å². The molecule has 1 aromatic rings. The molecule has 7 nitrogen and oxygen atoms in total. The Hall–Kier alpha value is -2.57. The second-order valence-electron chi connectivity index (χ2n) is 8.01. The quantitative estimate of drug-likeness (QED) is 0.795. The molecular weight excluding hydrogens is 348 g/mol. The second-order valence-corrected chi connectivity index (χ2v) is 8.01. The fourth-order valence-corrected chi connectivity index (χ4v) is 3.60. The molecule has 0 radical (unpaired) electrons. The van der Waals surface area contributed by atoms with Gasteiger partial charge in [-0.25, -0.2) is 9.59 Å². The van der Waals surface area contributed by atoms with Crippen molar-refractivity contribution in [2.75, 3.05) is 13.1 Å². The molecule has 3 rings (SSSR count). The number of hydrogen-bond acceptors (Lipinski definition) is 5. The summed E-state index contributed by atoms with van der Waals surface area (Å²) in [6, 6.07) is 8.85. The number of fused-ring (bicyclic) bond motifs is 1. The highest BCUT2D eigenvalue weighted by atomic mass is 16.6. The summed E-state index contributed by atoms with van der Waals surface area (Å²) < 4.78 is 10.8. The Morgan fingerprint density at radius 2 is 1.78 bits per heavy atom. The van der Waals surface area contributed by atoms with Crippen LogP contribution in [0, 0.1) is 0 Å². The molecule has 2 fully saturated rings. The number of benzene rings is 1. The number of amides is 2. The molecule has 2 aliphatic rings. The van der Waals surface area contributed by atoms with Crippen LogP contribution in [0.2, 0.25) is 0 Å². The van der Waals surface area contributed by atoms with Gasteiger partial charge in [-0.1, -0.05) is 30.3 Å². The predicted molar refractivity (Wildman–Crippen MR) is 98.1 cm³/mol. The summed E-state index contributed by atoms with van der Waals surface area (Å²) in [5.41, 5.74) is 0.261. The van der Waals surface area contributed by atoms with E-state index in [1.54, 1.807) is 25.7 Å². The second kappa shape index (κ2) is 7.58. The van der Waals surface area contributed by atoms with Crippen molar-refractivity contribution in [2.24, 2.45) is 0 Å². The lowest BCUT2D eigenvalue weighted by Gasteiger charge is -2.39. The summed E-state index contributed by atoms with van der Waals surface area (Å²) in [6.45, 7) is 6.03. The third-order valence-corrected chi connectivity index (χ3v) is 4.76. The number of likely N-dealkylation sites (tertiary alicyclic amines) is 2. The third kappa shape index (κ3) is 4.59. The van der Waals surface area contributed by atoms with E-state index in [1.807, 2.05) is 30.3 Å². The van der Waals surface area contributed by atoms with Crippen molar-refractivity contribution >= 4 is 18.0 Å². The first-order valence-electron chi connectivity index (χ1n) is 9.23. The lowest BCUT2D eigenvalue weighted by Crippen LogP contribution is -2.56. The van der Waals surface area contributed by atoms with Crippen LogP contribution in [0.15, 0.2) is 30.3 Å². The van der Waals surface area contributed by atoms with Gasteiger partial charge in [0.15, 0.2) is 5.78 Å². The number of ether oxygens (including phenoxy) is 2. The predicted octanol–water partition coefficient (Wildman–Crippen LogP) is 2.98. The fraction of sp³-hybridized carbons (Fsp3) is 0.550. The summed E-state index contributed by atoms with van der Waals surface area (Å²) in [4.78, 5) is 40.3. The van der Waals surface area contributed by atoms with Crippen LogP contribution in [0.3, 0.4) is 0 Å². The third-order valence-electron chi connectivity index (χ3n) is 4.76. The van der Waals surface area contributed by atoms with E-state index in [9.17, 15) is 14.4 Å². The van der Waals surface area contributed by atoms with Crippen LogP contribution < -0.4 is 0 Å². The molecule has 0 saturated carbocycles. The van der Waals surface area contributed by atoms with Crippen LogP contribution in [-0.2, 0) is 20.9 Å². The van der Waals surface area contributed by atoms with Crippen molar-refractivity contribution in [3.8, 4) is 0 Å². The monoisotopic (exact) mass is 374 g/mol. The number of Topliss-reactive ketones (excluding diaryl/α,β-unsaturated/α-hetero) is 1. The van der Waals surface area contributed by atoms with Gasteiger partial charge in [0.2, 0.25) is 0 Å². The average Bonchev–Trinajstić information content (AvgIpc) is 3.02. The maximum Gasteiger partial charge on any atom is 0.411 e. The minimum Gasteiger partial charge on any atom is -0.445 e. The van der Waals surface area contributed by atoms with Gasteiger partial charge >= 0.3 is 12.2 Å². The smallest absolute Gasteiger partial charge is 0.411 e. The molecule has 0 bridgehead atoms. The molecule has 2 heterocycles. The number of ketones is 1. The summed E-state index contributed by atoms with van der Waals surface area (Å²) in [6.07, 6.45) is -0.114. The highest BCUT2D eigenvalue weighted by Crippen LogP contribution is 2.31. The van der Waals surface area contributed by atoms with Gasteiger partial charge in [-0.3, -0.25) is 9.69 Å². The molecule has 7 heteroatoms. The van der Waals surface area contributed by atoms with Crippen LogP contribution in [0.1, 0.15) is 39.2 Å². The minimum atomic E-state index is -0.639. The van der Waals surface area contributed by atoms with E-state index in [0.717, 1.165) is 5.56 Å². The number of rotatable bonds is 2. The van der Waals surface area contributed by atoms with Gasteiger partial charge in [0.25, 0.3) is 0 Å². The molecule has 0 aromatic heterocycles. The molecule has 146 valence electrons. The van der Waals surface area contributed by atoms with E-state index in [0.29, 0.717) is 13.0 Å². The van der Waals surface area contributed by atoms with Crippen molar-refractivity contribution in [3.05, 3.63) is 35.9 Å². The van der Waals surface area contributed by atoms with Gasteiger partial charge in [-0.2, -0.15) is 0 Å². The average molecular weight is 374 g/mol. The molecule has 2 amide bonds. The van der Waals surface area contributed by atoms with Gasteiger partial charge in [-0.05, 0) is 32.8 Å². The zero-order valence-electron chi connectivity index (χ0n) is 16.0. The summed E-state index contributed by atoms with van der Waals surface area (Å²) in [7, 11) is 0. The summed E-state index contributed by atoms with van der Waals surface area (Å²) in [5, 5.41) is 0. The summed E-state index contributed by atoms with van der Waals surface area (Å²) >= 11 is 0. The number of carbonyl (C=O) groups is 3. The maximum absolute atomic E-state index is 12.5. The van der Waals surface area contributed by atoms with Crippen molar-refractivity contribution in [3.63, 3.8) is 0 Å². The zero-order valence-corrected chi connectivity index (χ0v) is 16.0. The van der Waals surface area contributed by atoms with Crippen molar-refractivity contribution < 1.29 is 23.9 Å². The first kappa shape index (κ1) is 19.2. The number of piperidine rings is 1. The maximum atomic E-state index is 12.5. The molecular formula is C20H26N2O5. The standard InChI is InChI=1S/C20H26N2O5/c1-20(2,3)27-19(25)22-12-15(23)11-17-16(22)9-10-21(17)18(24)26-13-14-7-5-4-6-8-14/h4-8,16-17H,9-13H2,1-3H3/t16-,17-/m1/s1. The van der Waals surface area contributed by atoms with E-state index in [1.165, 1.54) is 4.90 Å². The topological polar surface area (TPSA) is 76.2 Å². The molecule has 0 spiro atoms. The van der Waals surface area contributed by atoms with Crippen LogP contribution in [0.25, 0.3) is 0 Å². The van der Waals surface area contributed by atoms with Crippen LogP contribution >= 0.6 is 0 Å². The SMILES string of the molecule is CC(C)(C)OC(=O)N1CC(=O)C[C@@H]2[C@H]1CCN2C(=O)OCc1ccccc1. The molecule has 1 aromatic carbocycles. The Morgan fingerprint density at radius 1 is 1.07 bits per heavy atom. The van der Waals surface area contributed by atoms with Gasteiger partial charge in [0.05, 0.1) is 18.6 Å². The Balaban J connectivity index is 1.66. The zero-order chi connectivity index (χ0) is 19.6. The lowest BCUT2D eigenvalue weighted by atomic mass is 9.96. The number of hydrogen-bond donors (Lipinski definition) is 0. The molecule has 27 heavy (non-hydrogen) atoms. The lowest BCUT2D eigenvalue weighted by molar-refractivity contribution is -0.125. The van der Waals surface area contributed by atoms with Crippen molar-refractivity contribution in [2.45, 2.75) is 57.9 Å². The Labute approximate surface area is 159 Å². The van der Waals surface area contributed by atoms with Crippen LogP contribution in [0.4, 0.5) is 9.59 Å². The first-order chi connectivity index (χ1) is 12.7. The van der Waals surface area contributed by atoms with E-state index in [4.69, 9.17) is 9.47 Å². The molecule has 2 saturated heterocycles. The minimum absolute atomic E-state index is 0.0307. The van der Waals surface area contributed by atoms with Gasteiger partial charge in [0, 0.05) is 13.0 Å².